The van der Waals surface area contributed by atoms with E-state index < -0.39 is 0 Å². The Bertz CT molecular complexity index is 1090. The lowest BCUT2D eigenvalue weighted by Crippen LogP contribution is -2.50. The molecule has 1 aromatic carbocycles. The molecule has 1 saturated carbocycles. The van der Waals surface area contributed by atoms with Crippen molar-refractivity contribution in [3.05, 3.63) is 53.2 Å². The van der Waals surface area contributed by atoms with Crippen molar-refractivity contribution in [2.75, 3.05) is 40.4 Å². The summed E-state index contributed by atoms with van der Waals surface area (Å²) in [6.07, 6.45) is 4.13. The van der Waals surface area contributed by atoms with Crippen molar-refractivity contribution in [3.63, 3.8) is 0 Å². The van der Waals surface area contributed by atoms with Crippen LogP contribution in [0.3, 0.4) is 0 Å². The summed E-state index contributed by atoms with van der Waals surface area (Å²) in [7, 11) is 3.75. The zero-order valence-electron chi connectivity index (χ0n) is 21.0. The third kappa shape index (κ3) is 6.33. The van der Waals surface area contributed by atoms with Gasteiger partial charge >= 0.3 is 0 Å². The van der Waals surface area contributed by atoms with Gasteiger partial charge in [-0.05, 0) is 63.1 Å². The van der Waals surface area contributed by atoms with E-state index in [1.54, 1.807) is 24.3 Å². The van der Waals surface area contributed by atoms with Gasteiger partial charge in [-0.25, -0.2) is 4.98 Å². The van der Waals surface area contributed by atoms with Gasteiger partial charge in [-0.15, -0.1) is 0 Å². The van der Waals surface area contributed by atoms with Crippen molar-refractivity contribution in [1.82, 2.24) is 14.8 Å². The monoisotopic (exact) mass is 477 g/mol. The first-order valence-electron chi connectivity index (χ1n) is 12.3. The van der Waals surface area contributed by atoms with Crippen LogP contribution >= 0.6 is 0 Å². The number of carbonyl (C=O) groups is 1. The first-order valence-corrected chi connectivity index (χ1v) is 12.3. The average molecular weight is 478 g/mol. The van der Waals surface area contributed by atoms with E-state index in [1.165, 1.54) is 12.8 Å². The van der Waals surface area contributed by atoms with E-state index in [2.05, 4.69) is 35.7 Å². The number of methoxy groups -OCH3 is 1. The normalized spacial score (nSPS) is 20.7. The second kappa shape index (κ2) is 11.1. The summed E-state index contributed by atoms with van der Waals surface area (Å²) < 4.78 is 11.6. The number of hydrogen-bond donors (Lipinski definition) is 1. The van der Waals surface area contributed by atoms with Crippen LogP contribution in [0.15, 0.2) is 36.5 Å². The van der Waals surface area contributed by atoms with Crippen molar-refractivity contribution in [2.45, 2.75) is 38.8 Å². The molecule has 1 aliphatic carbocycles. The number of aliphatic hydroxyl groups is 1. The first kappa shape index (κ1) is 25.0. The van der Waals surface area contributed by atoms with Crippen LogP contribution in [-0.4, -0.2) is 78.3 Å². The molecule has 2 aliphatic rings. The molecule has 1 amide bonds. The number of pyridine rings is 1. The third-order valence-electron chi connectivity index (χ3n) is 6.72. The molecule has 4 rings (SSSR count). The number of carbonyl (C=O) groups excluding carboxylic acids is 1. The Morgan fingerprint density at radius 3 is 2.60 bits per heavy atom. The predicted octanol–water partition coefficient (Wildman–Crippen LogP) is 3.05. The number of aromatic nitrogens is 1. The standard InChI is InChI=1S/C28H35N3O4/c1-19-15-31(20(2)18-32)28(33)25-13-23(8-5-21-9-11-24(34-4)12-10-21)14-29-27(25)35-26(19)17-30(3)16-22-6-7-22/h9-14,19-20,22,26,32H,6-7,15-18H2,1-4H3/t19-,20+,26-/m1/s1. The first-order chi connectivity index (χ1) is 16.9. The number of benzene rings is 1. The number of rotatable bonds is 7. The second-order valence-corrected chi connectivity index (χ2v) is 9.84. The molecule has 2 heterocycles. The zero-order chi connectivity index (χ0) is 24.9. The van der Waals surface area contributed by atoms with Gasteiger partial charge in [0.25, 0.3) is 5.91 Å². The predicted molar refractivity (Wildman–Crippen MR) is 135 cm³/mol. The number of amides is 1. The highest BCUT2D eigenvalue weighted by Gasteiger charge is 2.34. The highest BCUT2D eigenvalue weighted by Crippen LogP contribution is 2.31. The van der Waals surface area contributed by atoms with Crippen LogP contribution in [0.25, 0.3) is 0 Å². The lowest BCUT2D eigenvalue weighted by atomic mass is 9.99. The van der Waals surface area contributed by atoms with Crippen LogP contribution in [0.5, 0.6) is 11.6 Å². The molecule has 3 atom stereocenters. The Labute approximate surface area is 208 Å². The summed E-state index contributed by atoms with van der Waals surface area (Å²) in [6.45, 7) is 6.17. The molecular weight excluding hydrogens is 442 g/mol. The number of nitrogens with zero attached hydrogens (tertiary/aromatic N) is 3. The molecule has 1 aromatic heterocycles. The molecule has 1 N–H and O–H groups in total. The summed E-state index contributed by atoms with van der Waals surface area (Å²) in [6, 6.07) is 8.92. The van der Waals surface area contributed by atoms with E-state index >= 15 is 0 Å². The fourth-order valence-corrected chi connectivity index (χ4v) is 4.33. The Hall–Kier alpha value is -3.08. The van der Waals surface area contributed by atoms with Crippen LogP contribution in [0.2, 0.25) is 0 Å². The summed E-state index contributed by atoms with van der Waals surface area (Å²) in [4.78, 5) is 22.1. The van der Waals surface area contributed by atoms with E-state index in [4.69, 9.17) is 9.47 Å². The molecule has 0 saturated heterocycles. The van der Waals surface area contributed by atoms with Crippen LogP contribution in [0.4, 0.5) is 0 Å². The molecule has 186 valence electrons. The lowest BCUT2D eigenvalue weighted by molar-refractivity contribution is 0.0327. The van der Waals surface area contributed by atoms with E-state index in [0.717, 1.165) is 30.3 Å². The van der Waals surface area contributed by atoms with Gasteiger partial charge in [0.05, 0.1) is 19.8 Å². The molecular formula is C28H35N3O4. The quantitative estimate of drug-likeness (QED) is 0.618. The molecule has 1 fully saturated rings. The Morgan fingerprint density at radius 1 is 1.23 bits per heavy atom. The van der Waals surface area contributed by atoms with Crippen molar-refractivity contribution in [2.24, 2.45) is 11.8 Å². The molecule has 0 bridgehead atoms. The van der Waals surface area contributed by atoms with Gasteiger partial charge in [0.1, 0.15) is 17.4 Å². The molecule has 0 unspecified atom stereocenters. The van der Waals surface area contributed by atoms with E-state index in [0.29, 0.717) is 23.6 Å². The minimum absolute atomic E-state index is 0.0825. The number of fused-ring (bicyclic) bond motifs is 1. The highest BCUT2D eigenvalue weighted by atomic mass is 16.5. The fraction of sp³-hybridized carbons (Fsp3) is 0.500. The molecule has 2 aromatic rings. The Balaban J connectivity index is 1.62. The minimum Gasteiger partial charge on any atom is -0.497 e. The minimum atomic E-state index is -0.310. The zero-order valence-corrected chi connectivity index (χ0v) is 21.0. The number of aliphatic hydroxyl groups excluding tert-OH is 1. The van der Waals surface area contributed by atoms with Crippen LogP contribution < -0.4 is 9.47 Å². The molecule has 35 heavy (non-hydrogen) atoms. The molecule has 0 radical (unpaired) electrons. The Kier molecular flexibility index (Phi) is 7.94. The highest BCUT2D eigenvalue weighted by molar-refractivity contribution is 5.97. The van der Waals surface area contributed by atoms with Gasteiger partial charge in [-0.1, -0.05) is 18.8 Å². The average Bonchev–Trinajstić information content (AvgIpc) is 3.68. The molecule has 1 aliphatic heterocycles. The van der Waals surface area contributed by atoms with E-state index in [1.807, 2.05) is 31.2 Å². The maximum atomic E-state index is 13.5. The van der Waals surface area contributed by atoms with Crippen LogP contribution in [0, 0.1) is 23.7 Å². The maximum Gasteiger partial charge on any atom is 0.259 e. The number of ether oxygens (including phenoxy) is 2. The largest absolute Gasteiger partial charge is 0.497 e. The Morgan fingerprint density at radius 2 is 1.94 bits per heavy atom. The van der Waals surface area contributed by atoms with Gasteiger partial charge in [-0.3, -0.25) is 4.79 Å². The van der Waals surface area contributed by atoms with Gasteiger partial charge in [0.15, 0.2) is 0 Å². The van der Waals surface area contributed by atoms with Crippen LogP contribution in [-0.2, 0) is 0 Å². The van der Waals surface area contributed by atoms with Crippen molar-refractivity contribution >= 4 is 5.91 Å². The van der Waals surface area contributed by atoms with E-state index in [9.17, 15) is 9.90 Å². The van der Waals surface area contributed by atoms with Gasteiger partial charge in [0, 0.05) is 42.9 Å². The second-order valence-electron chi connectivity index (χ2n) is 9.84. The molecule has 7 nitrogen and oxygen atoms in total. The molecule has 0 spiro atoms. The number of hydrogen-bond acceptors (Lipinski definition) is 6. The lowest BCUT2D eigenvalue weighted by Gasteiger charge is -2.37. The van der Waals surface area contributed by atoms with Crippen molar-refractivity contribution in [1.29, 1.82) is 0 Å². The smallest absolute Gasteiger partial charge is 0.259 e. The van der Waals surface area contributed by atoms with Gasteiger partial charge in [0.2, 0.25) is 5.88 Å². The van der Waals surface area contributed by atoms with E-state index in [-0.39, 0.29) is 30.6 Å². The van der Waals surface area contributed by atoms with Crippen molar-refractivity contribution in [3.8, 4) is 23.5 Å². The summed E-state index contributed by atoms with van der Waals surface area (Å²) in [5.41, 5.74) is 1.85. The topological polar surface area (TPSA) is 75.1 Å². The van der Waals surface area contributed by atoms with Crippen LogP contribution in [0.1, 0.15) is 48.2 Å². The molecule has 7 heteroatoms. The summed E-state index contributed by atoms with van der Waals surface area (Å²) in [5, 5.41) is 9.84. The summed E-state index contributed by atoms with van der Waals surface area (Å²) >= 11 is 0. The summed E-state index contributed by atoms with van der Waals surface area (Å²) in [5.74, 6) is 7.99. The SMILES string of the molecule is COc1ccc(C#Cc2cnc3c(c2)C(=O)N([C@@H](C)CO)C[C@@H](C)[C@@H](CN(C)CC2CC2)O3)cc1. The van der Waals surface area contributed by atoms with Gasteiger partial charge < -0.3 is 24.4 Å². The fourth-order valence-electron chi connectivity index (χ4n) is 4.33. The third-order valence-corrected chi connectivity index (χ3v) is 6.72. The maximum absolute atomic E-state index is 13.5. The van der Waals surface area contributed by atoms with Gasteiger partial charge in [-0.2, -0.15) is 0 Å². The number of likely N-dealkylation sites (N-methyl/N-ethyl adjacent to an activating group) is 1. The van der Waals surface area contributed by atoms with Crippen molar-refractivity contribution < 1.29 is 19.4 Å².